The van der Waals surface area contributed by atoms with Crippen molar-refractivity contribution in [3.8, 4) is 0 Å². The lowest BCUT2D eigenvalue weighted by Crippen LogP contribution is -2.51. The summed E-state index contributed by atoms with van der Waals surface area (Å²) in [6, 6.07) is -2.77. The Balaban J connectivity index is 2.63. The fourth-order valence-electron chi connectivity index (χ4n) is 5.66. The number of aliphatic carboxylic acids is 6. The number of benzene rings is 1. The van der Waals surface area contributed by atoms with Crippen molar-refractivity contribution in [2.24, 2.45) is 0 Å². The molecule has 2 unspecified atom stereocenters. The van der Waals surface area contributed by atoms with Gasteiger partial charge in [-0.05, 0) is 88.5 Å². The molecular formula is C38H56N8O17. The van der Waals surface area contributed by atoms with Crippen LogP contribution < -0.4 is 43.0 Å². The van der Waals surface area contributed by atoms with E-state index in [0.717, 1.165) is 0 Å². The third kappa shape index (κ3) is 24.6. The quantitative estimate of drug-likeness (QED) is 0.0324. The first kappa shape index (κ1) is 53.8. The van der Waals surface area contributed by atoms with Crippen molar-refractivity contribution in [2.45, 2.75) is 120 Å². The first-order valence-electron chi connectivity index (χ1n) is 19.9. The molecule has 0 saturated heterocycles. The summed E-state index contributed by atoms with van der Waals surface area (Å²) in [5.41, 5.74) is 6.41. The van der Waals surface area contributed by atoms with Crippen molar-refractivity contribution < 1.29 is 83.4 Å². The lowest BCUT2D eigenvalue weighted by molar-refractivity contribution is -0.142. The first-order valence-corrected chi connectivity index (χ1v) is 19.9. The Bertz CT molecular complexity index is 1660. The second kappa shape index (κ2) is 29.1. The van der Waals surface area contributed by atoms with Gasteiger partial charge in [-0.2, -0.15) is 0 Å². The maximum Gasteiger partial charge on any atom is 0.326 e. The molecule has 15 N–H and O–H groups in total. The summed E-state index contributed by atoms with van der Waals surface area (Å²) in [7, 11) is 0. The second-order valence-electron chi connectivity index (χ2n) is 14.2. The molecule has 350 valence electrons. The van der Waals surface area contributed by atoms with Crippen LogP contribution in [0.25, 0.3) is 0 Å². The molecule has 5 atom stereocenters. The minimum absolute atomic E-state index is 0.0729. The largest absolute Gasteiger partial charge is 0.481 e. The standard InChI is InChI=1S/C38H56N8O17/c39-22-9-7-21(8-10-22)32(53)42-23(11-15-28(47)40-19-3-1-5-24(33(54)55)43-37(62)45-26(35(58)59)13-17-30(49)50)12-16-29(48)41-20-4-2-6-25(34(56)57)44-38(63)46-27(36(60)61)14-18-31(51)52/h7-10,23-27H,1-6,11-20,39H2,(H,40,47)(H,41,48)(H,42,53)(H,49,50)(H,51,52)(H,54,55)(H,56,57)(H,58,59)(H,60,61)(H2,43,45,62)(H2,44,46,63)/t23?,24-,25-,26-,27?/m0/s1. The number of nitrogens with two attached hydrogens (primary N) is 1. The van der Waals surface area contributed by atoms with Crippen molar-refractivity contribution in [1.29, 1.82) is 0 Å². The fraction of sp³-hybridized carbons (Fsp3) is 0.553. The predicted octanol–water partition coefficient (Wildman–Crippen LogP) is -0.359. The molecule has 0 aromatic heterocycles. The molecule has 25 heteroatoms. The molecular weight excluding hydrogens is 840 g/mol. The zero-order valence-electron chi connectivity index (χ0n) is 34.3. The number of urea groups is 2. The Kier molecular flexibility index (Phi) is 24.9. The maximum absolute atomic E-state index is 13.0. The molecule has 7 amide bonds. The van der Waals surface area contributed by atoms with Crippen molar-refractivity contribution in [3.05, 3.63) is 29.8 Å². The van der Waals surface area contributed by atoms with E-state index in [1.54, 1.807) is 0 Å². The number of carbonyl (C=O) groups excluding carboxylic acids is 5. The van der Waals surface area contributed by atoms with Crippen LogP contribution in [0.2, 0.25) is 0 Å². The van der Waals surface area contributed by atoms with Gasteiger partial charge < -0.3 is 73.6 Å². The Morgan fingerprint density at radius 2 is 0.794 bits per heavy atom. The molecule has 0 spiro atoms. The van der Waals surface area contributed by atoms with Crippen molar-refractivity contribution in [1.82, 2.24) is 37.2 Å². The van der Waals surface area contributed by atoms with Crippen LogP contribution in [0.15, 0.2) is 24.3 Å². The van der Waals surface area contributed by atoms with E-state index in [9.17, 15) is 73.2 Å². The summed E-state index contributed by atoms with van der Waals surface area (Å²) in [5, 5.41) is 71.4. The highest BCUT2D eigenvalue weighted by molar-refractivity contribution is 5.95. The molecule has 0 bridgehead atoms. The van der Waals surface area contributed by atoms with Crippen LogP contribution in [0.3, 0.4) is 0 Å². The van der Waals surface area contributed by atoms with Gasteiger partial charge in [-0.1, -0.05) is 0 Å². The number of unbranched alkanes of at least 4 members (excludes halogenated alkanes) is 2. The maximum atomic E-state index is 13.0. The minimum atomic E-state index is -1.56. The van der Waals surface area contributed by atoms with Gasteiger partial charge in [-0.25, -0.2) is 28.8 Å². The number of rotatable bonds is 32. The van der Waals surface area contributed by atoms with Crippen molar-refractivity contribution in [2.75, 3.05) is 18.8 Å². The highest BCUT2D eigenvalue weighted by atomic mass is 16.4. The average Bonchev–Trinajstić information content (AvgIpc) is 3.20. The number of anilines is 1. The van der Waals surface area contributed by atoms with E-state index < -0.39 is 121 Å². The zero-order valence-corrected chi connectivity index (χ0v) is 34.3. The van der Waals surface area contributed by atoms with E-state index in [-0.39, 0.29) is 70.0 Å². The van der Waals surface area contributed by atoms with Gasteiger partial charge in [-0.15, -0.1) is 0 Å². The van der Waals surface area contributed by atoms with Gasteiger partial charge in [0.15, 0.2) is 0 Å². The van der Waals surface area contributed by atoms with E-state index in [0.29, 0.717) is 18.5 Å². The molecule has 0 aliphatic rings. The Hall–Kier alpha value is -7.21. The SMILES string of the molecule is Nc1ccc(C(=O)NC(CCC(=O)NCCCC[C@H](NC(=O)NC(CCC(=O)O)C(=O)O)C(=O)O)CCC(=O)NCCCC[C@H](NC(=O)N[C@@H](CCC(=O)O)C(=O)O)C(=O)O)cc1. The number of nitrogen functional groups attached to an aromatic ring is 1. The van der Waals surface area contributed by atoms with E-state index in [1.165, 1.54) is 24.3 Å². The minimum Gasteiger partial charge on any atom is -0.481 e. The third-order valence-electron chi connectivity index (χ3n) is 9.14. The van der Waals surface area contributed by atoms with Gasteiger partial charge in [0.2, 0.25) is 11.8 Å². The molecule has 25 nitrogen and oxygen atoms in total. The van der Waals surface area contributed by atoms with Crippen LogP contribution in [0.1, 0.15) is 100 Å². The summed E-state index contributed by atoms with van der Waals surface area (Å²) in [6.45, 7) is 0.240. The van der Waals surface area contributed by atoms with Gasteiger partial charge in [0.05, 0.1) is 0 Å². The van der Waals surface area contributed by atoms with Gasteiger partial charge in [0.1, 0.15) is 24.2 Å². The van der Waals surface area contributed by atoms with E-state index >= 15 is 0 Å². The highest BCUT2D eigenvalue weighted by Crippen LogP contribution is 2.11. The van der Waals surface area contributed by atoms with Gasteiger partial charge >= 0.3 is 47.9 Å². The van der Waals surface area contributed by atoms with Gasteiger partial charge in [-0.3, -0.25) is 24.0 Å². The van der Waals surface area contributed by atoms with Crippen LogP contribution in [0, 0.1) is 0 Å². The molecule has 0 aliphatic heterocycles. The number of hydrogen-bond donors (Lipinski definition) is 14. The average molecular weight is 897 g/mol. The fourth-order valence-corrected chi connectivity index (χ4v) is 5.66. The van der Waals surface area contributed by atoms with Crippen LogP contribution in [0.4, 0.5) is 15.3 Å². The van der Waals surface area contributed by atoms with E-state index in [4.69, 9.17) is 15.9 Å². The number of amides is 7. The molecule has 0 saturated carbocycles. The van der Waals surface area contributed by atoms with E-state index in [1.807, 2.05) is 10.6 Å². The lowest BCUT2D eigenvalue weighted by atomic mass is 10.0. The monoisotopic (exact) mass is 896 g/mol. The van der Waals surface area contributed by atoms with Crippen molar-refractivity contribution in [3.63, 3.8) is 0 Å². The summed E-state index contributed by atoms with van der Waals surface area (Å²) in [4.78, 5) is 130. The number of carboxylic acid groups (broad SMARTS) is 6. The molecule has 0 fully saturated rings. The molecule has 0 radical (unpaired) electrons. The van der Waals surface area contributed by atoms with Crippen LogP contribution in [0.5, 0.6) is 0 Å². The predicted molar refractivity (Wildman–Crippen MR) is 217 cm³/mol. The number of carbonyl (C=O) groups is 11. The molecule has 1 rings (SSSR count). The summed E-state index contributed by atoms with van der Waals surface area (Å²) < 4.78 is 0. The van der Waals surface area contributed by atoms with E-state index in [2.05, 4.69) is 26.6 Å². The molecule has 63 heavy (non-hydrogen) atoms. The smallest absolute Gasteiger partial charge is 0.326 e. The summed E-state index contributed by atoms with van der Waals surface area (Å²) in [5.74, 6) is -9.66. The summed E-state index contributed by atoms with van der Waals surface area (Å²) in [6.07, 6.45) is -0.984. The molecule has 1 aromatic rings. The highest BCUT2D eigenvalue weighted by Gasteiger charge is 2.26. The third-order valence-corrected chi connectivity index (χ3v) is 9.14. The van der Waals surface area contributed by atoms with Crippen LogP contribution >= 0.6 is 0 Å². The Morgan fingerprint density at radius 3 is 1.13 bits per heavy atom. The summed E-state index contributed by atoms with van der Waals surface area (Å²) >= 11 is 0. The topological polar surface area (TPSA) is 419 Å². The lowest BCUT2D eigenvalue weighted by Gasteiger charge is -2.19. The second-order valence-corrected chi connectivity index (χ2v) is 14.2. The Morgan fingerprint density at radius 1 is 0.444 bits per heavy atom. The van der Waals surface area contributed by atoms with Crippen molar-refractivity contribution >= 4 is 71.3 Å². The number of nitrogens with one attached hydrogen (secondary N) is 7. The molecule has 0 heterocycles. The zero-order chi connectivity index (χ0) is 47.5. The number of hydrogen-bond acceptors (Lipinski definition) is 12. The van der Waals surface area contributed by atoms with Crippen LogP contribution in [-0.4, -0.2) is 140 Å². The first-order chi connectivity index (χ1) is 29.7. The van der Waals surface area contributed by atoms with Gasteiger partial charge in [0, 0.05) is 56.1 Å². The van der Waals surface area contributed by atoms with Crippen LogP contribution in [-0.2, 0) is 38.4 Å². The molecule has 1 aromatic carbocycles. The van der Waals surface area contributed by atoms with Gasteiger partial charge in [0.25, 0.3) is 5.91 Å². The Labute approximate surface area is 360 Å². The number of carboxylic acids is 6. The normalized spacial score (nSPS) is 13.0. The molecule has 0 aliphatic carbocycles.